The van der Waals surface area contributed by atoms with Crippen molar-refractivity contribution in [1.82, 2.24) is 15.1 Å². The van der Waals surface area contributed by atoms with Gasteiger partial charge in [-0.2, -0.15) is 0 Å². The molecule has 2 N–H and O–H groups in total. The van der Waals surface area contributed by atoms with Gasteiger partial charge in [-0.3, -0.25) is 0 Å². The number of carbonyl (C=O) groups excluding carboxylic acids is 1. The van der Waals surface area contributed by atoms with E-state index in [4.69, 9.17) is 11.6 Å². The zero-order valence-corrected chi connectivity index (χ0v) is 14.7. The number of halogens is 2. The number of nitrogens with zero attached hydrogens (tertiary/aromatic N) is 2. The predicted octanol–water partition coefficient (Wildman–Crippen LogP) is 2.63. The zero-order valence-electron chi connectivity index (χ0n) is 13.9. The first-order valence-corrected chi connectivity index (χ1v) is 8.74. The van der Waals surface area contributed by atoms with Crippen molar-refractivity contribution in [2.24, 2.45) is 5.41 Å². The lowest BCUT2D eigenvalue weighted by atomic mass is 10.1. The van der Waals surface area contributed by atoms with Gasteiger partial charge in [0.1, 0.15) is 5.82 Å². The first kappa shape index (κ1) is 17.5. The molecule has 2 amide bonds. The third-order valence-electron chi connectivity index (χ3n) is 4.91. The molecule has 1 aliphatic carbocycles. The summed E-state index contributed by atoms with van der Waals surface area (Å²) in [4.78, 5) is 16.9. The summed E-state index contributed by atoms with van der Waals surface area (Å²) < 4.78 is 13.1. The van der Waals surface area contributed by atoms with Gasteiger partial charge in [-0.15, -0.1) is 0 Å². The second kappa shape index (κ2) is 7.25. The van der Waals surface area contributed by atoms with Gasteiger partial charge in [0, 0.05) is 50.4 Å². The van der Waals surface area contributed by atoms with Crippen LogP contribution in [0.3, 0.4) is 0 Å². The number of anilines is 1. The summed E-state index contributed by atoms with van der Waals surface area (Å²) in [5.41, 5.74) is 0.705. The molecule has 2 fully saturated rings. The molecule has 1 saturated carbocycles. The van der Waals surface area contributed by atoms with Crippen LogP contribution >= 0.6 is 11.6 Å². The van der Waals surface area contributed by atoms with Crippen LogP contribution in [0.25, 0.3) is 0 Å². The molecule has 7 heteroatoms. The van der Waals surface area contributed by atoms with E-state index >= 15 is 0 Å². The Hall–Kier alpha value is -1.37. The van der Waals surface area contributed by atoms with Crippen molar-refractivity contribution in [1.29, 1.82) is 0 Å². The number of urea groups is 1. The van der Waals surface area contributed by atoms with E-state index < -0.39 is 5.82 Å². The molecule has 0 spiro atoms. The molecule has 5 nitrogen and oxygen atoms in total. The molecule has 24 heavy (non-hydrogen) atoms. The highest BCUT2D eigenvalue weighted by atomic mass is 35.5. The lowest BCUT2D eigenvalue weighted by molar-refractivity contribution is 0.130. The van der Waals surface area contributed by atoms with Crippen LogP contribution in [0.15, 0.2) is 18.2 Å². The molecule has 1 heterocycles. The number of hydrogen-bond donors (Lipinski definition) is 2. The van der Waals surface area contributed by atoms with Gasteiger partial charge in [0.05, 0.1) is 5.02 Å². The molecular weight excluding hydrogens is 331 g/mol. The van der Waals surface area contributed by atoms with Crippen molar-refractivity contribution in [3.8, 4) is 0 Å². The maximum absolute atomic E-state index is 13.1. The fraction of sp³-hybridized carbons (Fsp3) is 0.588. The Bertz CT molecular complexity index is 600. The van der Waals surface area contributed by atoms with Gasteiger partial charge in [0.2, 0.25) is 0 Å². The SMILES string of the molecule is CN1CCN(CC2(CNC(=O)Nc3ccc(F)c(Cl)c3)CC2)CC1. The van der Waals surface area contributed by atoms with E-state index in [1.54, 1.807) is 0 Å². The van der Waals surface area contributed by atoms with E-state index in [9.17, 15) is 9.18 Å². The van der Waals surface area contributed by atoms with Gasteiger partial charge < -0.3 is 20.4 Å². The van der Waals surface area contributed by atoms with Crippen LogP contribution in [0.2, 0.25) is 5.02 Å². The Morgan fingerprint density at radius 2 is 2.00 bits per heavy atom. The highest BCUT2D eigenvalue weighted by Gasteiger charge is 2.44. The van der Waals surface area contributed by atoms with E-state index in [-0.39, 0.29) is 16.5 Å². The minimum absolute atomic E-state index is 0.00142. The van der Waals surface area contributed by atoms with Crippen molar-refractivity contribution in [3.63, 3.8) is 0 Å². The summed E-state index contributed by atoms with van der Waals surface area (Å²) in [5, 5.41) is 5.64. The number of likely N-dealkylation sites (N-methyl/N-ethyl adjacent to an activating group) is 1. The third-order valence-corrected chi connectivity index (χ3v) is 5.20. The predicted molar refractivity (Wildman–Crippen MR) is 94.0 cm³/mol. The first-order chi connectivity index (χ1) is 11.5. The number of carbonyl (C=O) groups is 1. The number of amides is 2. The van der Waals surface area contributed by atoms with Crippen LogP contribution in [-0.4, -0.2) is 62.1 Å². The van der Waals surface area contributed by atoms with Crippen LogP contribution in [0.4, 0.5) is 14.9 Å². The van der Waals surface area contributed by atoms with Crippen molar-refractivity contribution >= 4 is 23.3 Å². The number of nitrogens with one attached hydrogen (secondary N) is 2. The Kier molecular flexibility index (Phi) is 5.27. The number of benzene rings is 1. The van der Waals surface area contributed by atoms with Crippen molar-refractivity contribution < 1.29 is 9.18 Å². The summed E-state index contributed by atoms with van der Waals surface area (Å²) >= 11 is 5.72. The molecule has 0 radical (unpaired) electrons. The smallest absolute Gasteiger partial charge is 0.319 e. The monoisotopic (exact) mass is 354 g/mol. The van der Waals surface area contributed by atoms with E-state index in [0.717, 1.165) is 45.6 Å². The van der Waals surface area contributed by atoms with Crippen molar-refractivity contribution in [2.75, 3.05) is 51.6 Å². The molecular formula is C17H24ClFN4O. The molecule has 0 aromatic heterocycles. The van der Waals surface area contributed by atoms with Gasteiger partial charge in [0.15, 0.2) is 0 Å². The molecule has 132 valence electrons. The summed E-state index contributed by atoms with van der Waals surface area (Å²) in [6.45, 7) is 6.12. The quantitative estimate of drug-likeness (QED) is 0.854. The maximum atomic E-state index is 13.1. The number of piperazine rings is 1. The normalized spacial score (nSPS) is 20.6. The van der Waals surface area contributed by atoms with Crippen molar-refractivity contribution in [2.45, 2.75) is 12.8 Å². The second-order valence-electron chi connectivity index (χ2n) is 7.02. The highest BCUT2D eigenvalue weighted by Crippen LogP contribution is 2.45. The molecule has 1 saturated heterocycles. The van der Waals surface area contributed by atoms with Gasteiger partial charge in [-0.25, -0.2) is 9.18 Å². The van der Waals surface area contributed by atoms with E-state index in [1.807, 2.05) is 0 Å². The van der Waals surface area contributed by atoms with E-state index in [1.165, 1.54) is 18.2 Å². The summed E-state index contributed by atoms with van der Waals surface area (Å²) in [5.74, 6) is -0.494. The first-order valence-electron chi connectivity index (χ1n) is 8.37. The lowest BCUT2D eigenvalue weighted by Gasteiger charge is -2.34. The highest BCUT2D eigenvalue weighted by molar-refractivity contribution is 6.31. The molecule has 1 aliphatic heterocycles. The maximum Gasteiger partial charge on any atom is 0.319 e. The fourth-order valence-corrected chi connectivity index (χ4v) is 3.25. The van der Waals surface area contributed by atoms with Gasteiger partial charge in [-0.1, -0.05) is 11.6 Å². The van der Waals surface area contributed by atoms with Crippen LogP contribution in [0.5, 0.6) is 0 Å². The fourth-order valence-electron chi connectivity index (χ4n) is 3.06. The summed E-state index contributed by atoms with van der Waals surface area (Å²) in [6.07, 6.45) is 2.31. The molecule has 0 unspecified atom stereocenters. The average molecular weight is 355 g/mol. The van der Waals surface area contributed by atoms with Crippen LogP contribution < -0.4 is 10.6 Å². The standard InChI is InChI=1S/C17H24ClFN4O/c1-22-6-8-23(9-7-22)12-17(4-5-17)11-20-16(24)21-13-2-3-15(19)14(18)10-13/h2-3,10H,4-9,11-12H2,1H3,(H2,20,21,24). The van der Waals surface area contributed by atoms with Gasteiger partial charge >= 0.3 is 6.03 Å². The average Bonchev–Trinajstić information content (AvgIpc) is 3.31. The Labute approximate surface area is 147 Å². The molecule has 0 bridgehead atoms. The Balaban J connectivity index is 1.44. The summed E-state index contributed by atoms with van der Waals surface area (Å²) in [6, 6.07) is 3.88. The Morgan fingerprint density at radius 3 is 2.62 bits per heavy atom. The topological polar surface area (TPSA) is 47.6 Å². The van der Waals surface area contributed by atoms with E-state index in [2.05, 4.69) is 27.5 Å². The Morgan fingerprint density at radius 1 is 1.29 bits per heavy atom. The van der Waals surface area contributed by atoms with E-state index in [0.29, 0.717) is 12.2 Å². The molecule has 2 aliphatic rings. The van der Waals surface area contributed by atoms with Crippen molar-refractivity contribution in [3.05, 3.63) is 29.0 Å². The minimum Gasteiger partial charge on any atom is -0.337 e. The zero-order chi connectivity index (χ0) is 17.2. The van der Waals surface area contributed by atoms with Gasteiger partial charge in [-0.05, 0) is 38.1 Å². The largest absolute Gasteiger partial charge is 0.337 e. The lowest BCUT2D eigenvalue weighted by Crippen LogP contribution is -2.48. The van der Waals surface area contributed by atoms with Crippen LogP contribution in [0.1, 0.15) is 12.8 Å². The second-order valence-corrected chi connectivity index (χ2v) is 7.42. The van der Waals surface area contributed by atoms with Crippen LogP contribution in [-0.2, 0) is 0 Å². The number of rotatable bonds is 5. The molecule has 1 aromatic carbocycles. The summed E-state index contributed by atoms with van der Waals surface area (Å²) in [7, 11) is 2.15. The number of hydrogen-bond acceptors (Lipinski definition) is 3. The van der Waals surface area contributed by atoms with Gasteiger partial charge in [0.25, 0.3) is 0 Å². The molecule has 3 rings (SSSR count). The third kappa shape index (κ3) is 4.59. The molecule has 1 aromatic rings. The van der Waals surface area contributed by atoms with Crippen LogP contribution in [0, 0.1) is 11.2 Å². The minimum atomic E-state index is -0.494. The molecule has 0 atom stereocenters.